The van der Waals surface area contributed by atoms with Gasteiger partial charge in [-0.05, 0) is 19.1 Å². The lowest BCUT2D eigenvalue weighted by molar-refractivity contribution is -0.142. The molecule has 0 radical (unpaired) electrons. The highest BCUT2D eigenvalue weighted by Gasteiger charge is 2.14. The highest BCUT2D eigenvalue weighted by atomic mass is 32.1. The summed E-state index contributed by atoms with van der Waals surface area (Å²) in [6.07, 6.45) is 1.39. The van der Waals surface area contributed by atoms with Crippen molar-refractivity contribution in [2.45, 2.75) is 13.3 Å². The number of ether oxygens (including phenoxy) is 1. The highest BCUT2D eigenvalue weighted by Crippen LogP contribution is 2.25. The van der Waals surface area contributed by atoms with Gasteiger partial charge in [0, 0.05) is 19.5 Å². The molecule has 2 rings (SSSR count). The van der Waals surface area contributed by atoms with Gasteiger partial charge in [-0.2, -0.15) is 10.4 Å². The van der Waals surface area contributed by atoms with Gasteiger partial charge in [0.2, 0.25) is 5.13 Å². The average molecular weight is 375 g/mol. The van der Waals surface area contributed by atoms with Crippen LogP contribution >= 0.6 is 11.3 Å². The SMILES string of the molecule is CCOC(=O)Cc1csc(NN=Cc2c(F)ccc(C#N)c2N(C)C)n1. The summed E-state index contributed by atoms with van der Waals surface area (Å²) in [5.41, 5.74) is 4.27. The van der Waals surface area contributed by atoms with Crippen LogP contribution in [0.5, 0.6) is 0 Å². The number of hydrogen-bond donors (Lipinski definition) is 1. The number of benzene rings is 1. The molecule has 2 aromatic rings. The van der Waals surface area contributed by atoms with E-state index in [1.807, 2.05) is 6.07 Å². The zero-order chi connectivity index (χ0) is 19.1. The fourth-order valence-electron chi connectivity index (χ4n) is 2.23. The Labute approximate surface area is 154 Å². The van der Waals surface area contributed by atoms with Crippen molar-refractivity contribution >= 4 is 34.3 Å². The first kappa shape index (κ1) is 19.3. The predicted molar refractivity (Wildman–Crippen MR) is 99.1 cm³/mol. The number of rotatable bonds is 7. The molecule has 0 aliphatic rings. The van der Waals surface area contributed by atoms with Crippen molar-refractivity contribution in [2.75, 3.05) is 31.0 Å². The minimum atomic E-state index is -0.486. The predicted octanol–water partition coefficient (Wildman–Crippen LogP) is 2.77. The number of nitrogens with one attached hydrogen (secondary N) is 1. The Bertz CT molecular complexity index is 857. The Morgan fingerprint density at radius 2 is 2.31 bits per heavy atom. The average Bonchev–Trinajstić information content (AvgIpc) is 3.03. The summed E-state index contributed by atoms with van der Waals surface area (Å²) in [6, 6.07) is 4.70. The number of halogens is 1. The fourth-order valence-corrected chi connectivity index (χ4v) is 2.89. The smallest absolute Gasteiger partial charge is 0.311 e. The topological polar surface area (TPSA) is 90.6 Å². The van der Waals surface area contributed by atoms with Gasteiger partial charge in [-0.15, -0.1) is 11.3 Å². The molecular weight excluding hydrogens is 357 g/mol. The number of esters is 1. The highest BCUT2D eigenvalue weighted by molar-refractivity contribution is 7.13. The van der Waals surface area contributed by atoms with Crippen molar-refractivity contribution in [1.82, 2.24) is 4.98 Å². The number of aromatic nitrogens is 1. The molecular formula is C17H18FN5O2S. The maximum atomic E-state index is 14.2. The number of hydrazone groups is 1. The lowest BCUT2D eigenvalue weighted by Crippen LogP contribution is -2.14. The van der Waals surface area contributed by atoms with Gasteiger partial charge in [0.25, 0.3) is 0 Å². The van der Waals surface area contributed by atoms with Crippen molar-refractivity contribution in [3.63, 3.8) is 0 Å². The molecule has 1 aromatic carbocycles. The van der Waals surface area contributed by atoms with E-state index < -0.39 is 5.82 Å². The lowest BCUT2D eigenvalue weighted by atomic mass is 10.1. The molecule has 0 fully saturated rings. The molecule has 0 saturated carbocycles. The van der Waals surface area contributed by atoms with E-state index in [0.717, 1.165) is 0 Å². The van der Waals surface area contributed by atoms with Crippen molar-refractivity contribution in [3.8, 4) is 6.07 Å². The van der Waals surface area contributed by atoms with Crippen LogP contribution in [0.25, 0.3) is 0 Å². The zero-order valence-electron chi connectivity index (χ0n) is 14.6. The van der Waals surface area contributed by atoms with E-state index in [1.165, 1.54) is 29.7 Å². The van der Waals surface area contributed by atoms with Gasteiger partial charge >= 0.3 is 5.97 Å². The van der Waals surface area contributed by atoms with Crippen LogP contribution in [0.15, 0.2) is 22.6 Å². The second kappa shape index (κ2) is 8.92. The van der Waals surface area contributed by atoms with E-state index in [0.29, 0.717) is 28.7 Å². The molecule has 26 heavy (non-hydrogen) atoms. The molecule has 0 atom stereocenters. The van der Waals surface area contributed by atoms with E-state index in [-0.39, 0.29) is 18.0 Å². The maximum absolute atomic E-state index is 14.2. The number of anilines is 2. The van der Waals surface area contributed by atoms with Crippen LogP contribution in [-0.4, -0.2) is 37.9 Å². The molecule has 136 valence electrons. The van der Waals surface area contributed by atoms with Crippen LogP contribution in [0, 0.1) is 17.1 Å². The molecule has 1 heterocycles. The molecule has 0 bridgehead atoms. The van der Waals surface area contributed by atoms with E-state index in [2.05, 4.69) is 15.5 Å². The molecule has 0 aliphatic carbocycles. The third-order valence-electron chi connectivity index (χ3n) is 3.27. The van der Waals surface area contributed by atoms with Gasteiger partial charge in [0.05, 0.1) is 41.8 Å². The lowest BCUT2D eigenvalue weighted by Gasteiger charge is -2.17. The Morgan fingerprint density at radius 1 is 1.54 bits per heavy atom. The van der Waals surface area contributed by atoms with Gasteiger partial charge in [-0.25, -0.2) is 9.37 Å². The quantitative estimate of drug-likeness (QED) is 0.455. The Morgan fingerprint density at radius 3 is 2.96 bits per heavy atom. The second-order valence-electron chi connectivity index (χ2n) is 5.36. The van der Waals surface area contributed by atoms with E-state index in [4.69, 9.17) is 4.74 Å². The summed E-state index contributed by atoms with van der Waals surface area (Å²) in [7, 11) is 3.45. The van der Waals surface area contributed by atoms with Crippen LogP contribution in [-0.2, 0) is 16.0 Å². The monoisotopic (exact) mass is 375 g/mol. The minimum Gasteiger partial charge on any atom is -0.466 e. The van der Waals surface area contributed by atoms with Gasteiger partial charge in [0.15, 0.2) is 0 Å². The zero-order valence-corrected chi connectivity index (χ0v) is 15.4. The van der Waals surface area contributed by atoms with Crippen molar-refractivity contribution in [2.24, 2.45) is 5.10 Å². The summed E-state index contributed by atoms with van der Waals surface area (Å²) in [5, 5.41) is 15.4. The van der Waals surface area contributed by atoms with Gasteiger partial charge in [-0.3, -0.25) is 10.2 Å². The molecule has 9 heteroatoms. The number of nitriles is 1. The standard InChI is InChI=1S/C17H18FN5O2S/c1-4-25-15(24)7-12-10-26-17(21-12)22-20-9-13-14(18)6-5-11(8-19)16(13)23(2)3/h5-6,9-10H,4,7H2,1-3H3,(H,21,22). The van der Waals surface area contributed by atoms with Crippen LogP contribution in [0.4, 0.5) is 15.2 Å². The van der Waals surface area contributed by atoms with Gasteiger partial charge < -0.3 is 9.64 Å². The van der Waals surface area contributed by atoms with Crippen molar-refractivity contribution in [3.05, 3.63) is 40.2 Å². The van der Waals surface area contributed by atoms with Crippen molar-refractivity contribution in [1.29, 1.82) is 5.26 Å². The molecule has 1 aromatic heterocycles. The minimum absolute atomic E-state index is 0.0827. The van der Waals surface area contributed by atoms with Crippen LogP contribution in [0.3, 0.4) is 0 Å². The van der Waals surface area contributed by atoms with Crippen LogP contribution < -0.4 is 10.3 Å². The second-order valence-corrected chi connectivity index (χ2v) is 6.22. The Balaban J connectivity index is 2.13. The number of thiazole rings is 1. The summed E-state index contributed by atoms with van der Waals surface area (Å²) >= 11 is 1.27. The third kappa shape index (κ3) is 4.77. The first-order valence-electron chi connectivity index (χ1n) is 7.75. The van der Waals surface area contributed by atoms with E-state index in [9.17, 15) is 14.4 Å². The maximum Gasteiger partial charge on any atom is 0.311 e. The number of hydrogen-bond acceptors (Lipinski definition) is 8. The van der Waals surface area contributed by atoms with Gasteiger partial charge in [0.1, 0.15) is 11.9 Å². The largest absolute Gasteiger partial charge is 0.466 e. The van der Waals surface area contributed by atoms with Crippen molar-refractivity contribution < 1.29 is 13.9 Å². The first-order chi connectivity index (χ1) is 12.5. The molecule has 0 saturated heterocycles. The van der Waals surface area contributed by atoms with Crippen LogP contribution in [0.2, 0.25) is 0 Å². The number of nitrogens with zero attached hydrogens (tertiary/aromatic N) is 4. The first-order valence-corrected chi connectivity index (χ1v) is 8.63. The summed E-state index contributed by atoms with van der Waals surface area (Å²) in [5.74, 6) is -0.834. The number of carbonyl (C=O) groups excluding carboxylic acids is 1. The molecule has 0 unspecified atom stereocenters. The van der Waals surface area contributed by atoms with E-state index in [1.54, 1.807) is 31.3 Å². The normalized spacial score (nSPS) is 10.6. The Kier molecular flexibility index (Phi) is 6.63. The molecule has 0 amide bonds. The van der Waals surface area contributed by atoms with E-state index >= 15 is 0 Å². The molecule has 0 spiro atoms. The molecule has 1 N–H and O–H groups in total. The summed E-state index contributed by atoms with van der Waals surface area (Å²) in [6.45, 7) is 2.06. The summed E-state index contributed by atoms with van der Waals surface area (Å²) in [4.78, 5) is 17.3. The Hall–Kier alpha value is -2.99. The third-order valence-corrected chi connectivity index (χ3v) is 4.06. The van der Waals surface area contributed by atoms with Gasteiger partial charge in [-0.1, -0.05) is 0 Å². The number of carbonyl (C=O) groups is 1. The summed E-state index contributed by atoms with van der Waals surface area (Å²) < 4.78 is 19.0. The fraction of sp³-hybridized carbons (Fsp3) is 0.294. The molecule has 7 nitrogen and oxygen atoms in total. The molecule has 0 aliphatic heterocycles. The van der Waals surface area contributed by atoms with Crippen LogP contribution in [0.1, 0.15) is 23.7 Å².